The molecule has 0 fully saturated rings. The Kier molecular flexibility index (Phi) is 5.52. The molecule has 0 unspecified atom stereocenters. The van der Waals surface area contributed by atoms with Gasteiger partial charge in [0.25, 0.3) is 10.1 Å². The molecule has 5 nitrogen and oxygen atoms in total. The van der Waals surface area contributed by atoms with Crippen LogP contribution in [0.25, 0.3) is 11.1 Å². The third-order valence-corrected chi connectivity index (χ3v) is 3.67. The topological polar surface area (TPSA) is 69.7 Å². The summed E-state index contributed by atoms with van der Waals surface area (Å²) < 4.78 is 31.6. The Morgan fingerprint density at radius 1 is 0.957 bits per heavy atom. The van der Waals surface area contributed by atoms with Gasteiger partial charge < -0.3 is 4.74 Å². The van der Waals surface area contributed by atoms with Crippen molar-refractivity contribution in [3.8, 4) is 11.1 Å². The van der Waals surface area contributed by atoms with E-state index in [0.29, 0.717) is 12.2 Å². The average molecular weight is 334 g/mol. The molecule has 0 N–H and O–H groups in total. The fraction of sp³-hybridized carbons (Fsp3) is 0.235. The number of carbonyl (C=O) groups is 1. The molecule has 0 saturated carbocycles. The van der Waals surface area contributed by atoms with E-state index in [1.165, 1.54) is 0 Å². The van der Waals surface area contributed by atoms with Crippen molar-refractivity contribution in [3.63, 3.8) is 0 Å². The van der Waals surface area contributed by atoms with Crippen LogP contribution in [0, 0.1) is 0 Å². The number of hydrogen-bond acceptors (Lipinski definition) is 5. The monoisotopic (exact) mass is 334 g/mol. The smallest absolute Gasteiger partial charge is 0.338 e. The van der Waals surface area contributed by atoms with E-state index in [2.05, 4.69) is 0 Å². The summed E-state index contributed by atoms with van der Waals surface area (Å²) in [4.78, 5) is 11.6. The maximum atomic E-state index is 11.6. The van der Waals surface area contributed by atoms with Gasteiger partial charge in [-0.3, -0.25) is 4.18 Å². The summed E-state index contributed by atoms with van der Waals surface area (Å²) >= 11 is 0. The molecule has 0 amide bonds. The van der Waals surface area contributed by atoms with Crippen LogP contribution in [0.1, 0.15) is 22.8 Å². The zero-order valence-electron chi connectivity index (χ0n) is 13.0. The van der Waals surface area contributed by atoms with Gasteiger partial charge in [0.05, 0.1) is 25.0 Å². The summed E-state index contributed by atoms with van der Waals surface area (Å²) in [6.07, 6.45) is 1.02. The van der Waals surface area contributed by atoms with Crippen molar-refractivity contribution < 1.29 is 22.1 Å². The van der Waals surface area contributed by atoms with Crippen molar-refractivity contribution in [2.45, 2.75) is 13.5 Å². The van der Waals surface area contributed by atoms with Gasteiger partial charge in [0.2, 0.25) is 0 Å². The molecule has 0 aliphatic heterocycles. The second-order valence-corrected chi connectivity index (χ2v) is 6.61. The van der Waals surface area contributed by atoms with Gasteiger partial charge >= 0.3 is 5.97 Å². The molecule has 0 heterocycles. The Labute approximate surface area is 136 Å². The number of benzene rings is 2. The second-order valence-electron chi connectivity index (χ2n) is 4.96. The predicted molar refractivity (Wildman–Crippen MR) is 87.5 cm³/mol. The average Bonchev–Trinajstić information content (AvgIpc) is 2.53. The van der Waals surface area contributed by atoms with Gasteiger partial charge in [0.15, 0.2) is 0 Å². The molecule has 2 rings (SSSR count). The summed E-state index contributed by atoms with van der Waals surface area (Å²) in [5, 5.41) is 0. The van der Waals surface area contributed by atoms with Crippen LogP contribution in [0.15, 0.2) is 48.5 Å². The zero-order valence-corrected chi connectivity index (χ0v) is 13.8. The Balaban J connectivity index is 2.09. The molecule has 23 heavy (non-hydrogen) atoms. The fourth-order valence-electron chi connectivity index (χ4n) is 1.98. The van der Waals surface area contributed by atoms with E-state index in [9.17, 15) is 13.2 Å². The molecular formula is C17H18O5S. The molecule has 0 saturated heterocycles. The molecule has 0 aliphatic rings. The summed E-state index contributed by atoms with van der Waals surface area (Å²) in [6, 6.07) is 14.5. The fourth-order valence-corrected chi connectivity index (χ4v) is 2.33. The number of esters is 1. The van der Waals surface area contributed by atoms with Crippen LogP contribution in [0.3, 0.4) is 0 Å². The Morgan fingerprint density at radius 2 is 1.48 bits per heavy atom. The summed E-state index contributed by atoms with van der Waals surface area (Å²) in [5.74, 6) is -0.340. The molecule has 0 bridgehead atoms. The first-order valence-corrected chi connectivity index (χ1v) is 8.91. The first kappa shape index (κ1) is 17.2. The quantitative estimate of drug-likeness (QED) is 0.600. The molecule has 2 aromatic carbocycles. The minimum atomic E-state index is -3.45. The zero-order chi connectivity index (χ0) is 16.9. The Bertz CT molecular complexity index is 762. The number of hydrogen-bond donors (Lipinski definition) is 0. The first-order chi connectivity index (χ1) is 10.9. The highest BCUT2D eigenvalue weighted by Gasteiger charge is 2.07. The van der Waals surface area contributed by atoms with Gasteiger partial charge in [-0.05, 0) is 35.7 Å². The summed E-state index contributed by atoms with van der Waals surface area (Å²) in [7, 11) is -3.45. The molecule has 0 aliphatic carbocycles. The molecule has 0 atom stereocenters. The van der Waals surface area contributed by atoms with E-state index < -0.39 is 10.1 Å². The Hall–Kier alpha value is -2.18. The second kappa shape index (κ2) is 7.39. The van der Waals surface area contributed by atoms with Crippen LogP contribution in [-0.4, -0.2) is 27.2 Å². The van der Waals surface area contributed by atoms with Crippen molar-refractivity contribution in [1.29, 1.82) is 0 Å². The first-order valence-electron chi connectivity index (χ1n) is 7.10. The van der Waals surface area contributed by atoms with E-state index in [4.69, 9.17) is 8.92 Å². The lowest BCUT2D eigenvalue weighted by Gasteiger charge is -2.06. The van der Waals surface area contributed by atoms with Gasteiger partial charge in [0, 0.05) is 0 Å². The molecule has 0 radical (unpaired) electrons. The van der Waals surface area contributed by atoms with E-state index >= 15 is 0 Å². The Morgan fingerprint density at radius 3 is 1.96 bits per heavy atom. The van der Waals surface area contributed by atoms with Crippen LogP contribution in [-0.2, 0) is 25.6 Å². The minimum absolute atomic E-state index is 0.0148. The van der Waals surface area contributed by atoms with Crippen molar-refractivity contribution >= 4 is 16.1 Å². The van der Waals surface area contributed by atoms with Crippen molar-refractivity contribution in [2.24, 2.45) is 0 Å². The highest BCUT2D eigenvalue weighted by atomic mass is 32.2. The summed E-state index contributed by atoms with van der Waals surface area (Å²) in [5.41, 5.74) is 3.19. The molecule has 2 aromatic rings. The maximum Gasteiger partial charge on any atom is 0.338 e. The van der Waals surface area contributed by atoms with Gasteiger partial charge in [0.1, 0.15) is 0 Å². The molecule has 0 spiro atoms. The normalized spacial score (nSPS) is 11.2. The van der Waals surface area contributed by atoms with Crippen LogP contribution in [0.5, 0.6) is 0 Å². The van der Waals surface area contributed by atoms with E-state index in [1.807, 2.05) is 24.3 Å². The van der Waals surface area contributed by atoms with Crippen LogP contribution < -0.4 is 0 Å². The number of carbonyl (C=O) groups excluding carboxylic acids is 1. The third-order valence-electron chi connectivity index (χ3n) is 3.12. The largest absolute Gasteiger partial charge is 0.462 e. The minimum Gasteiger partial charge on any atom is -0.462 e. The molecule has 6 heteroatoms. The van der Waals surface area contributed by atoms with Gasteiger partial charge in [-0.15, -0.1) is 0 Å². The lowest BCUT2D eigenvalue weighted by atomic mass is 10.0. The van der Waals surface area contributed by atoms with Gasteiger partial charge in [-0.2, -0.15) is 8.42 Å². The molecule has 0 aromatic heterocycles. The van der Waals surface area contributed by atoms with Gasteiger partial charge in [-0.1, -0.05) is 36.4 Å². The lowest BCUT2D eigenvalue weighted by Crippen LogP contribution is -2.04. The van der Waals surface area contributed by atoms with Crippen molar-refractivity contribution in [3.05, 3.63) is 59.7 Å². The van der Waals surface area contributed by atoms with Gasteiger partial charge in [-0.25, -0.2) is 4.79 Å². The van der Waals surface area contributed by atoms with Crippen LogP contribution >= 0.6 is 0 Å². The lowest BCUT2D eigenvalue weighted by molar-refractivity contribution is 0.0526. The van der Waals surface area contributed by atoms with Crippen LogP contribution in [0.2, 0.25) is 0 Å². The van der Waals surface area contributed by atoms with E-state index in [1.54, 1.807) is 31.2 Å². The maximum absolute atomic E-state index is 11.6. The highest BCUT2D eigenvalue weighted by Crippen LogP contribution is 2.21. The predicted octanol–water partition coefficient (Wildman–Crippen LogP) is 3.01. The van der Waals surface area contributed by atoms with Crippen molar-refractivity contribution in [2.75, 3.05) is 12.9 Å². The highest BCUT2D eigenvalue weighted by molar-refractivity contribution is 7.85. The number of ether oxygens (including phenoxy) is 1. The molecule has 122 valence electrons. The van der Waals surface area contributed by atoms with Crippen molar-refractivity contribution in [1.82, 2.24) is 0 Å². The SMILES string of the molecule is CCOC(=O)c1ccc(-c2ccc(COS(C)(=O)=O)cc2)cc1. The standard InChI is InChI=1S/C17H18O5S/c1-3-21-17(18)16-10-8-15(9-11-16)14-6-4-13(5-7-14)12-22-23(2,19)20/h4-11H,3,12H2,1-2H3. The van der Waals surface area contributed by atoms with E-state index in [0.717, 1.165) is 22.9 Å². The summed E-state index contributed by atoms with van der Waals surface area (Å²) in [6.45, 7) is 2.12. The van der Waals surface area contributed by atoms with Crippen LogP contribution in [0.4, 0.5) is 0 Å². The third kappa shape index (κ3) is 5.19. The number of rotatable bonds is 6. The van der Waals surface area contributed by atoms with E-state index in [-0.39, 0.29) is 12.6 Å². The molecular weight excluding hydrogens is 316 g/mol.